The molecule has 39 heavy (non-hydrogen) atoms. The summed E-state index contributed by atoms with van der Waals surface area (Å²) >= 11 is 36.0. The molecule has 21 heteroatoms. The van der Waals surface area contributed by atoms with Crippen molar-refractivity contribution in [3.05, 3.63) is 31.5 Å². The molecule has 12 nitrogen and oxygen atoms in total. The molecule has 0 N–H and O–H groups in total. The highest BCUT2D eigenvalue weighted by Crippen LogP contribution is 2.27. The molecule has 0 aliphatic rings. The first-order valence-corrected chi connectivity index (χ1v) is 15.1. The summed E-state index contributed by atoms with van der Waals surface area (Å²) < 4.78 is 11.5. The van der Waals surface area contributed by atoms with E-state index in [9.17, 15) is 28.8 Å². The van der Waals surface area contributed by atoms with Gasteiger partial charge in [-0.2, -0.15) is 37.9 Å². The van der Waals surface area contributed by atoms with Crippen molar-refractivity contribution in [2.24, 2.45) is 0 Å². The molecular formula is C18H27N3O9S9. The Hall–Kier alpha value is -0.0300. The maximum absolute atomic E-state index is 13.4. The van der Waals surface area contributed by atoms with Gasteiger partial charge in [0, 0.05) is 17.3 Å². The zero-order valence-corrected chi connectivity index (χ0v) is 28.4. The number of rotatable bonds is 12. The van der Waals surface area contributed by atoms with E-state index in [4.69, 9.17) is 14.2 Å². The standard InChI is InChI=1S/C18H27N3O9S9/c1-7(28-10(22)16(34,35)4-31)19-13(25)20(8(2)29-11(23)17(36,37)5-32)15(27)21(14(19)26)9(3)30-12(24)18(38,39)6-33/h7-9,31-39H,4-6H2,1-3H3. The summed E-state index contributed by atoms with van der Waals surface area (Å²) in [6.45, 7) is 3.43. The number of hydrogen-bond acceptors (Lipinski definition) is 18. The van der Waals surface area contributed by atoms with Crippen LogP contribution in [0.25, 0.3) is 0 Å². The van der Waals surface area contributed by atoms with E-state index in [0.29, 0.717) is 13.7 Å². The van der Waals surface area contributed by atoms with Crippen molar-refractivity contribution < 1.29 is 28.6 Å². The fourth-order valence-corrected chi connectivity index (χ4v) is 3.33. The van der Waals surface area contributed by atoms with Gasteiger partial charge in [0.25, 0.3) is 0 Å². The lowest BCUT2D eigenvalue weighted by Gasteiger charge is -2.27. The Morgan fingerprint density at radius 1 is 0.564 bits per heavy atom. The van der Waals surface area contributed by atoms with Crippen molar-refractivity contribution >= 4 is 132 Å². The van der Waals surface area contributed by atoms with Crippen LogP contribution in [0.1, 0.15) is 39.5 Å². The molecule has 1 heterocycles. The van der Waals surface area contributed by atoms with Gasteiger partial charge >= 0.3 is 35.0 Å². The Labute approximate surface area is 272 Å². The smallest absolute Gasteiger partial charge is 0.342 e. The van der Waals surface area contributed by atoms with Crippen molar-refractivity contribution in [1.82, 2.24) is 13.7 Å². The van der Waals surface area contributed by atoms with Gasteiger partial charge < -0.3 is 14.2 Å². The number of aromatic nitrogens is 3. The molecule has 0 aromatic carbocycles. The molecule has 0 spiro atoms. The Balaban J connectivity index is 3.85. The Morgan fingerprint density at radius 2 is 0.744 bits per heavy atom. The van der Waals surface area contributed by atoms with Crippen LogP contribution in [0.2, 0.25) is 0 Å². The fraction of sp³-hybridized carbons (Fsp3) is 0.667. The molecular weight excluding hydrogens is 691 g/mol. The number of ether oxygens (including phenoxy) is 3. The summed E-state index contributed by atoms with van der Waals surface area (Å²) in [4.78, 5) is 77.6. The highest BCUT2D eigenvalue weighted by atomic mass is 32.2. The van der Waals surface area contributed by atoms with Crippen molar-refractivity contribution in [2.75, 3.05) is 17.3 Å². The summed E-state index contributed by atoms with van der Waals surface area (Å²) in [5.74, 6) is -3.78. The summed E-state index contributed by atoms with van der Waals surface area (Å²) in [6.07, 6.45) is -4.97. The minimum Gasteiger partial charge on any atom is -0.439 e. The highest BCUT2D eigenvalue weighted by molar-refractivity contribution is 8.04. The van der Waals surface area contributed by atoms with Crippen LogP contribution < -0.4 is 17.1 Å². The fourth-order valence-electron chi connectivity index (χ4n) is 2.63. The van der Waals surface area contributed by atoms with Gasteiger partial charge in [-0.1, -0.05) is 0 Å². The maximum atomic E-state index is 13.4. The van der Waals surface area contributed by atoms with E-state index in [2.05, 4.69) is 114 Å². The molecule has 3 atom stereocenters. The highest BCUT2D eigenvalue weighted by Gasteiger charge is 2.37. The van der Waals surface area contributed by atoms with Crippen molar-refractivity contribution in [1.29, 1.82) is 0 Å². The SMILES string of the molecule is CC(OC(=O)C(S)(S)CS)n1c(=O)n(C(C)OC(=O)C(S)(S)CS)c(=O)n(C(C)OC(=O)C(S)(S)CS)c1=O. The van der Waals surface area contributed by atoms with Crippen LogP contribution in [-0.4, -0.2) is 61.1 Å². The van der Waals surface area contributed by atoms with Gasteiger partial charge in [0.1, 0.15) is 0 Å². The Kier molecular flexibility index (Phi) is 13.7. The molecule has 1 aromatic heterocycles. The molecule has 0 aliphatic carbocycles. The third-order valence-corrected chi connectivity index (χ3v) is 9.77. The monoisotopic (exact) mass is 717 g/mol. The zero-order valence-electron chi connectivity index (χ0n) is 20.4. The van der Waals surface area contributed by atoms with E-state index in [1.807, 2.05) is 0 Å². The van der Waals surface area contributed by atoms with E-state index in [0.717, 1.165) is 20.8 Å². The number of carbonyl (C=O) groups is 3. The first-order chi connectivity index (χ1) is 17.7. The van der Waals surface area contributed by atoms with Crippen molar-refractivity contribution in [3.63, 3.8) is 0 Å². The zero-order chi connectivity index (χ0) is 30.7. The summed E-state index contributed by atoms with van der Waals surface area (Å²) in [5, 5.41) is 0. The van der Waals surface area contributed by atoms with Gasteiger partial charge in [0.15, 0.2) is 30.9 Å². The second-order valence-corrected chi connectivity index (χ2v) is 14.5. The van der Waals surface area contributed by atoms with Crippen molar-refractivity contribution in [3.8, 4) is 0 Å². The van der Waals surface area contributed by atoms with Crippen LogP contribution in [-0.2, 0) is 28.6 Å². The molecule has 0 amide bonds. The molecule has 222 valence electrons. The van der Waals surface area contributed by atoms with E-state index in [1.165, 1.54) is 0 Å². The molecule has 0 bridgehead atoms. The number of carbonyl (C=O) groups excluding carboxylic acids is 3. The lowest BCUT2D eigenvalue weighted by Crippen LogP contribution is -2.58. The summed E-state index contributed by atoms with van der Waals surface area (Å²) in [7, 11) is 0. The predicted molar refractivity (Wildman–Crippen MR) is 175 cm³/mol. The molecule has 0 aliphatic heterocycles. The van der Waals surface area contributed by atoms with Gasteiger partial charge in [0.2, 0.25) is 0 Å². The molecule has 3 unspecified atom stereocenters. The number of esters is 3. The Bertz CT molecular complexity index is 1090. The molecule has 1 aromatic rings. The molecule has 0 radical (unpaired) electrons. The largest absolute Gasteiger partial charge is 0.439 e. The van der Waals surface area contributed by atoms with Gasteiger partial charge in [-0.3, -0.25) is 0 Å². The summed E-state index contributed by atoms with van der Waals surface area (Å²) in [6, 6.07) is 0. The average molecular weight is 718 g/mol. The second kappa shape index (κ2) is 14.4. The van der Waals surface area contributed by atoms with Crippen molar-refractivity contribution in [2.45, 2.75) is 51.7 Å². The third-order valence-electron chi connectivity index (χ3n) is 4.80. The minimum absolute atomic E-state index is 0.190. The van der Waals surface area contributed by atoms with Gasteiger partial charge in [-0.05, 0) is 20.8 Å². The van der Waals surface area contributed by atoms with Gasteiger partial charge in [0.05, 0.1) is 0 Å². The molecule has 0 fully saturated rings. The van der Waals surface area contributed by atoms with E-state index < -0.39 is 65.9 Å². The number of hydrogen-bond donors (Lipinski definition) is 9. The number of nitrogens with zero attached hydrogens (tertiary/aromatic N) is 3. The maximum Gasteiger partial charge on any atom is 0.342 e. The van der Waals surface area contributed by atoms with E-state index in [1.54, 1.807) is 0 Å². The minimum atomic E-state index is -1.70. The van der Waals surface area contributed by atoms with Gasteiger partial charge in [-0.25, -0.2) is 42.5 Å². The first kappa shape index (κ1) is 37.0. The van der Waals surface area contributed by atoms with Crippen LogP contribution in [0.5, 0.6) is 0 Å². The van der Waals surface area contributed by atoms with Crippen LogP contribution >= 0.6 is 114 Å². The van der Waals surface area contributed by atoms with Crippen LogP contribution in [0, 0.1) is 0 Å². The second-order valence-electron chi connectivity index (χ2n) is 7.90. The normalized spacial score (nSPS) is 14.8. The first-order valence-electron chi connectivity index (χ1n) is 10.5. The summed E-state index contributed by atoms with van der Waals surface area (Å²) in [5.41, 5.74) is -4.01. The van der Waals surface area contributed by atoms with Crippen LogP contribution in [0.4, 0.5) is 0 Å². The lowest BCUT2D eigenvalue weighted by molar-refractivity contribution is -0.154. The predicted octanol–water partition coefficient (Wildman–Crippen LogP) is 0.814. The molecule has 1 rings (SSSR count). The van der Waals surface area contributed by atoms with Crippen LogP contribution in [0.3, 0.4) is 0 Å². The average Bonchev–Trinajstić information content (AvgIpc) is 2.83. The third kappa shape index (κ3) is 8.74. The molecule has 0 saturated heterocycles. The van der Waals surface area contributed by atoms with E-state index in [-0.39, 0.29) is 17.3 Å². The topological polar surface area (TPSA) is 145 Å². The molecule has 0 saturated carbocycles. The quantitative estimate of drug-likeness (QED) is 0.0665. The Morgan fingerprint density at radius 3 is 0.897 bits per heavy atom. The van der Waals surface area contributed by atoms with Gasteiger partial charge in [-0.15, -0.1) is 75.8 Å². The lowest BCUT2D eigenvalue weighted by atomic mass is 10.4. The number of thiol groups is 9. The van der Waals surface area contributed by atoms with E-state index >= 15 is 0 Å². The van der Waals surface area contributed by atoms with Crippen LogP contribution in [0.15, 0.2) is 14.4 Å².